The normalized spacial score (nSPS) is 20.4. The van der Waals surface area contributed by atoms with E-state index in [0.29, 0.717) is 6.54 Å². The molecule has 0 bridgehead atoms. The lowest BCUT2D eigenvalue weighted by Crippen LogP contribution is -2.50. The van der Waals surface area contributed by atoms with Crippen LogP contribution in [0, 0.1) is 0 Å². The van der Waals surface area contributed by atoms with Gasteiger partial charge in [0.05, 0.1) is 6.54 Å². The first-order valence-corrected chi connectivity index (χ1v) is 10.6. The second-order valence-corrected chi connectivity index (χ2v) is 8.17. The molecule has 2 aliphatic heterocycles. The minimum Gasteiger partial charge on any atom is -0.308 e. The number of carbonyl (C=O) groups is 1. The van der Waals surface area contributed by atoms with Gasteiger partial charge in [-0.2, -0.15) is 0 Å². The molecule has 0 aliphatic carbocycles. The zero-order valence-corrected chi connectivity index (χ0v) is 17.1. The fraction of sp³-hybridized carbons (Fsp3) is 0.458. The molecule has 2 aromatic rings. The van der Waals surface area contributed by atoms with Gasteiger partial charge in [-0.05, 0) is 42.5 Å². The highest BCUT2D eigenvalue weighted by molar-refractivity contribution is 5.97. The maximum Gasteiger partial charge on any atom is 0.241 e. The summed E-state index contributed by atoms with van der Waals surface area (Å²) in [6.07, 6.45) is 2.06. The van der Waals surface area contributed by atoms with Crippen molar-refractivity contribution < 1.29 is 4.79 Å². The van der Waals surface area contributed by atoms with E-state index in [1.165, 1.54) is 16.7 Å². The Morgan fingerprint density at radius 1 is 0.929 bits per heavy atom. The first-order chi connectivity index (χ1) is 13.6. The van der Waals surface area contributed by atoms with Crippen LogP contribution in [0.1, 0.15) is 30.5 Å². The fourth-order valence-corrected chi connectivity index (χ4v) is 4.46. The van der Waals surface area contributed by atoms with Crippen LogP contribution < -0.4 is 4.90 Å². The molecule has 28 heavy (non-hydrogen) atoms. The average molecular weight is 378 g/mol. The average Bonchev–Trinajstić information content (AvgIpc) is 3.06. The van der Waals surface area contributed by atoms with Gasteiger partial charge in [-0.3, -0.25) is 14.6 Å². The Kier molecular flexibility index (Phi) is 5.79. The van der Waals surface area contributed by atoms with E-state index in [9.17, 15) is 4.79 Å². The van der Waals surface area contributed by atoms with Gasteiger partial charge >= 0.3 is 0 Å². The van der Waals surface area contributed by atoms with Crippen LogP contribution >= 0.6 is 0 Å². The van der Waals surface area contributed by atoms with E-state index in [2.05, 4.69) is 66.1 Å². The molecule has 1 fully saturated rings. The lowest BCUT2D eigenvalue weighted by molar-refractivity contribution is -0.120. The zero-order chi connectivity index (χ0) is 19.5. The number of para-hydroxylation sites is 1. The van der Waals surface area contributed by atoms with Gasteiger partial charge in [-0.1, -0.05) is 49.4 Å². The van der Waals surface area contributed by atoms with Gasteiger partial charge in [0.25, 0.3) is 0 Å². The van der Waals surface area contributed by atoms with Gasteiger partial charge in [0.15, 0.2) is 0 Å². The number of benzene rings is 2. The van der Waals surface area contributed by atoms with Crippen LogP contribution in [0.25, 0.3) is 0 Å². The van der Waals surface area contributed by atoms with Crippen molar-refractivity contribution in [3.05, 3.63) is 65.2 Å². The second-order valence-electron chi connectivity index (χ2n) is 8.17. The van der Waals surface area contributed by atoms with Crippen LogP contribution in [-0.2, 0) is 24.2 Å². The number of rotatable bonds is 5. The molecule has 1 saturated heterocycles. The Morgan fingerprint density at radius 2 is 1.57 bits per heavy atom. The molecule has 4 rings (SSSR count). The summed E-state index contributed by atoms with van der Waals surface area (Å²) in [5.41, 5.74) is 5.17. The summed E-state index contributed by atoms with van der Waals surface area (Å²) in [7, 11) is 0. The predicted molar refractivity (Wildman–Crippen MR) is 115 cm³/mol. The maximum atomic E-state index is 13.0. The number of anilines is 1. The number of fused-ring (bicyclic) bond motifs is 1. The summed E-state index contributed by atoms with van der Waals surface area (Å²) in [5.74, 6) is 0.237. The summed E-state index contributed by atoms with van der Waals surface area (Å²) in [6, 6.07) is 17.6. The zero-order valence-electron chi connectivity index (χ0n) is 17.1. The topological polar surface area (TPSA) is 26.8 Å². The van der Waals surface area contributed by atoms with Crippen molar-refractivity contribution in [1.82, 2.24) is 9.80 Å². The molecule has 0 saturated carbocycles. The molecular weight excluding hydrogens is 346 g/mol. The number of piperazine rings is 1. The summed E-state index contributed by atoms with van der Waals surface area (Å²) < 4.78 is 0. The van der Waals surface area contributed by atoms with Crippen molar-refractivity contribution in [3.63, 3.8) is 0 Å². The van der Waals surface area contributed by atoms with Crippen LogP contribution in [0.2, 0.25) is 0 Å². The van der Waals surface area contributed by atoms with E-state index in [1.807, 2.05) is 11.0 Å². The minimum atomic E-state index is 0.237. The molecule has 0 aromatic heterocycles. The summed E-state index contributed by atoms with van der Waals surface area (Å²) in [4.78, 5) is 19.8. The number of hydrogen-bond acceptors (Lipinski definition) is 3. The van der Waals surface area contributed by atoms with E-state index in [4.69, 9.17) is 0 Å². The van der Waals surface area contributed by atoms with E-state index in [1.54, 1.807) is 0 Å². The molecule has 4 heteroatoms. The minimum absolute atomic E-state index is 0.237. The molecule has 1 amide bonds. The van der Waals surface area contributed by atoms with E-state index in [-0.39, 0.29) is 11.9 Å². The molecular formula is C24H31N3O. The fourth-order valence-electron chi connectivity index (χ4n) is 4.46. The van der Waals surface area contributed by atoms with Gasteiger partial charge in [0, 0.05) is 44.5 Å². The summed E-state index contributed by atoms with van der Waals surface area (Å²) in [5, 5.41) is 0. The highest BCUT2D eigenvalue weighted by Crippen LogP contribution is 2.31. The maximum absolute atomic E-state index is 13.0. The molecule has 4 nitrogen and oxygen atoms in total. The molecule has 2 heterocycles. The Hall–Kier alpha value is -2.17. The van der Waals surface area contributed by atoms with Gasteiger partial charge < -0.3 is 4.90 Å². The molecule has 0 N–H and O–H groups in total. The highest BCUT2D eigenvalue weighted by atomic mass is 16.2. The largest absolute Gasteiger partial charge is 0.308 e. The van der Waals surface area contributed by atoms with Crippen LogP contribution in [0.5, 0.6) is 0 Å². The van der Waals surface area contributed by atoms with Crippen molar-refractivity contribution in [2.24, 2.45) is 0 Å². The van der Waals surface area contributed by atoms with Gasteiger partial charge in [0.2, 0.25) is 5.91 Å². The van der Waals surface area contributed by atoms with E-state index >= 15 is 0 Å². The monoisotopic (exact) mass is 377 g/mol. The Bertz CT molecular complexity index is 809. The second kappa shape index (κ2) is 8.46. The van der Waals surface area contributed by atoms with Crippen LogP contribution in [0.15, 0.2) is 48.5 Å². The first-order valence-electron chi connectivity index (χ1n) is 10.6. The number of aryl methyl sites for hydroxylation is 1. The van der Waals surface area contributed by atoms with Crippen molar-refractivity contribution in [1.29, 1.82) is 0 Å². The smallest absolute Gasteiger partial charge is 0.241 e. The van der Waals surface area contributed by atoms with Crippen molar-refractivity contribution in [2.45, 2.75) is 39.3 Å². The molecule has 0 spiro atoms. The van der Waals surface area contributed by atoms with Gasteiger partial charge in [-0.25, -0.2) is 0 Å². The highest BCUT2D eigenvalue weighted by Gasteiger charge is 2.31. The molecule has 1 atom stereocenters. The molecule has 0 radical (unpaired) electrons. The Balaban J connectivity index is 1.29. The van der Waals surface area contributed by atoms with Gasteiger partial charge in [-0.15, -0.1) is 0 Å². The third-order valence-corrected chi connectivity index (χ3v) is 6.14. The van der Waals surface area contributed by atoms with Crippen molar-refractivity contribution >= 4 is 11.6 Å². The standard InChI is InChI=1S/C24H31N3O/c1-3-20-8-10-21(11-9-20)17-25-12-14-26(15-13-25)18-24(28)27-19(2)16-22-6-4-5-7-23(22)27/h4-11,19H,3,12-18H2,1-2H3/t19-/m1/s1. The third kappa shape index (κ3) is 4.13. The van der Waals surface area contributed by atoms with Crippen molar-refractivity contribution in [3.8, 4) is 0 Å². The Morgan fingerprint density at radius 3 is 2.29 bits per heavy atom. The van der Waals surface area contributed by atoms with Crippen LogP contribution in [0.4, 0.5) is 5.69 Å². The molecule has 2 aromatic carbocycles. The SMILES string of the molecule is CCc1ccc(CN2CCN(CC(=O)N3c4ccccc4C[C@H]3C)CC2)cc1. The van der Waals surface area contributed by atoms with Crippen LogP contribution in [0.3, 0.4) is 0 Å². The van der Waals surface area contributed by atoms with E-state index < -0.39 is 0 Å². The predicted octanol–water partition coefficient (Wildman–Crippen LogP) is 3.34. The van der Waals surface area contributed by atoms with Crippen molar-refractivity contribution in [2.75, 3.05) is 37.6 Å². The Labute approximate surface area is 168 Å². The van der Waals surface area contributed by atoms with E-state index in [0.717, 1.165) is 51.3 Å². The third-order valence-electron chi connectivity index (χ3n) is 6.14. The number of nitrogens with zero attached hydrogens (tertiary/aromatic N) is 3. The van der Waals surface area contributed by atoms with Gasteiger partial charge in [0.1, 0.15) is 0 Å². The summed E-state index contributed by atoms with van der Waals surface area (Å²) in [6.45, 7) is 9.84. The van der Waals surface area contributed by atoms with Crippen LogP contribution in [-0.4, -0.2) is 54.5 Å². The molecule has 2 aliphatic rings. The quantitative estimate of drug-likeness (QED) is 0.800. The number of amides is 1. The number of carbonyl (C=O) groups excluding carboxylic acids is 1. The molecule has 148 valence electrons. The lowest BCUT2D eigenvalue weighted by Gasteiger charge is -2.35. The first kappa shape index (κ1) is 19.2. The summed E-state index contributed by atoms with van der Waals surface area (Å²) >= 11 is 0. The lowest BCUT2D eigenvalue weighted by atomic mass is 10.1. The number of hydrogen-bond donors (Lipinski definition) is 0. The molecule has 0 unspecified atom stereocenters.